The molecule has 0 bridgehead atoms. The summed E-state index contributed by atoms with van der Waals surface area (Å²) in [5.41, 5.74) is 17.1. The Hall–Kier alpha value is -6.94. The zero-order valence-electron chi connectivity index (χ0n) is 28.2. The Balaban J connectivity index is 1.16. The molecule has 6 nitrogen and oxygen atoms in total. The van der Waals surface area contributed by atoms with Gasteiger partial charge < -0.3 is 20.0 Å². The van der Waals surface area contributed by atoms with Crippen molar-refractivity contribution in [3.05, 3.63) is 186 Å². The number of furan rings is 1. The van der Waals surface area contributed by atoms with Gasteiger partial charge in [0.2, 0.25) is 0 Å². The number of nitrogens with two attached hydrogens (primary N) is 1. The number of hydrogen-bond donors (Lipinski definition) is 2. The number of amidine groups is 1. The van der Waals surface area contributed by atoms with Gasteiger partial charge >= 0.3 is 0 Å². The van der Waals surface area contributed by atoms with Crippen LogP contribution in [-0.4, -0.2) is 10.4 Å². The monoisotopic (exact) mass is 671 g/mol. The molecule has 2 aromatic heterocycles. The Bertz CT molecular complexity index is 2810. The first-order chi connectivity index (χ1) is 25.6. The van der Waals surface area contributed by atoms with E-state index in [0.29, 0.717) is 17.9 Å². The topological polar surface area (TPSA) is 92.3 Å². The summed E-state index contributed by atoms with van der Waals surface area (Å²) in [6.07, 6.45) is -0.527. The second kappa shape index (κ2) is 13.1. The lowest BCUT2D eigenvalue weighted by Gasteiger charge is -2.15. The van der Waals surface area contributed by atoms with Gasteiger partial charge in [-0.05, 0) is 71.3 Å². The van der Waals surface area contributed by atoms with Crippen LogP contribution in [0.15, 0.2) is 173 Å². The molecule has 52 heavy (non-hydrogen) atoms. The maximum absolute atomic E-state index is 9.79. The zero-order valence-corrected chi connectivity index (χ0v) is 28.2. The lowest BCUT2D eigenvalue weighted by molar-refractivity contribution is 0.670. The zero-order chi connectivity index (χ0) is 35.0. The fourth-order valence-corrected chi connectivity index (χ4v) is 7.15. The third kappa shape index (κ3) is 5.56. The van der Waals surface area contributed by atoms with Gasteiger partial charge in [0.15, 0.2) is 0 Å². The van der Waals surface area contributed by atoms with Gasteiger partial charge in [-0.25, -0.2) is 4.99 Å². The van der Waals surface area contributed by atoms with E-state index in [1.807, 2.05) is 84.9 Å². The van der Waals surface area contributed by atoms with Crippen LogP contribution in [0.4, 0.5) is 0 Å². The molecule has 9 aromatic rings. The molecule has 2 heterocycles. The molecule has 0 fully saturated rings. The number of nitrogens with zero attached hydrogens (tertiary/aromatic N) is 3. The number of aromatic nitrogens is 1. The molecule has 0 aliphatic heterocycles. The minimum atomic E-state index is -0.527. The van der Waals surface area contributed by atoms with Crippen molar-refractivity contribution in [2.24, 2.45) is 10.7 Å². The summed E-state index contributed by atoms with van der Waals surface area (Å²) in [4.78, 5) is 4.97. The summed E-state index contributed by atoms with van der Waals surface area (Å²) in [6, 6.07) is 57.8. The number of benzene rings is 7. The van der Waals surface area contributed by atoms with E-state index >= 15 is 0 Å². The molecule has 0 radical (unpaired) electrons. The van der Waals surface area contributed by atoms with Gasteiger partial charge in [0.05, 0.1) is 22.7 Å². The van der Waals surface area contributed by atoms with Gasteiger partial charge in [0.25, 0.3) is 0 Å². The second-order valence-electron chi connectivity index (χ2n) is 12.9. The van der Waals surface area contributed by atoms with E-state index in [-0.39, 0.29) is 0 Å². The van der Waals surface area contributed by atoms with Crippen LogP contribution in [0.5, 0.6) is 0 Å². The molecule has 1 atom stereocenters. The number of hydrogen-bond acceptors (Lipinski definition) is 4. The number of para-hydroxylation sites is 2. The Kier molecular flexibility index (Phi) is 7.81. The van der Waals surface area contributed by atoms with Gasteiger partial charge in [-0.3, -0.25) is 0 Å². The van der Waals surface area contributed by atoms with E-state index in [2.05, 4.69) is 94.8 Å². The Labute approximate surface area is 300 Å². The summed E-state index contributed by atoms with van der Waals surface area (Å²) in [7, 11) is 0. The lowest BCUT2D eigenvalue weighted by Crippen LogP contribution is -2.26. The summed E-state index contributed by atoms with van der Waals surface area (Å²) in [6.45, 7) is 0.609. The third-order valence-electron chi connectivity index (χ3n) is 9.72. The second-order valence-corrected chi connectivity index (χ2v) is 12.9. The van der Waals surface area contributed by atoms with Crippen molar-refractivity contribution in [2.45, 2.75) is 12.7 Å². The summed E-state index contributed by atoms with van der Waals surface area (Å²) in [5, 5.41) is 17.6. The molecule has 248 valence electrons. The number of fused-ring (bicyclic) bond motifs is 6. The molecular weight excluding hydrogens is 639 g/mol. The molecule has 7 aromatic carbocycles. The molecule has 0 saturated heterocycles. The van der Waals surface area contributed by atoms with Gasteiger partial charge in [-0.2, -0.15) is 5.26 Å². The van der Waals surface area contributed by atoms with Crippen molar-refractivity contribution in [2.75, 3.05) is 0 Å². The fraction of sp³-hybridized carbons (Fsp3) is 0.0435. The van der Waals surface area contributed by atoms with Gasteiger partial charge in [-0.1, -0.05) is 109 Å². The van der Waals surface area contributed by atoms with Crippen LogP contribution < -0.4 is 11.1 Å². The quantitative estimate of drug-likeness (QED) is 0.130. The van der Waals surface area contributed by atoms with Crippen molar-refractivity contribution in [1.29, 1.82) is 5.26 Å². The SMILES string of the molecule is N#Cc1ccc2c(c1)c1ccc(-c3cccc4c3oc3ccccc34)cc1n2-c1ccc(/C(=N/C(N)c2ccccc2)NCc2ccccc2)cc1. The van der Waals surface area contributed by atoms with Gasteiger partial charge in [-0.15, -0.1) is 0 Å². The first-order valence-corrected chi connectivity index (χ1v) is 17.3. The molecule has 0 amide bonds. The average molecular weight is 672 g/mol. The Morgan fingerprint density at radius 3 is 2.25 bits per heavy atom. The van der Waals surface area contributed by atoms with Crippen LogP contribution in [0.25, 0.3) is 60.6 Å². The lowest BCUT2D eigenvalue weighted by atomic mass is 10.0. The van der Waals surface area contributed by atoms with Crippen LogP contribution in [-0.2, 0) is 6.54 Å². The van der Waals surface area contributed by atoms with Gasteiger partial charge in [0, 0.05) is 44.9 Å². The van der Waals surface area contributed by atoms with Crippen molar-refractivity contribution >= 4 is 49.6 Å². The van der Waals surface area contributed by atoms with E-state index in [0.717, 1.165) is 77.2 Å². The summed E-state index contributed by atoms with van der Waals surface area (Å²) >= 11 is 0. The minimum absolute atomic E-state index is 0.527. The molecule has 6 heteroatoms. The number of nitrogens with one attached hydrogen (secondary N) is 1. The van der Waals surface area contributed by atoms with Crippen molar-refractivity contribution in [3.63, 3.8) is 0 Å². The minimum Gasteiger partial charge on any atom is -0.455 e. The van der Waals surface area contributed by atoms with Crippen LogP contribution in [0.1, 0.15) is 28.4 Å². The highest BCUT2D eigenvalue weighted by molar-refractivity contribution is 6.13. The molecule has 0 saturated carbocycles. The molecule has 0 aliphatic rings. The molecule has 0 aliphatic carbocycles. The van der Waals surface area contributed by atoms with E-state index in [1.54, 1.807) is 0 Å². The van der Waals surface area contributed by atoms with E-state index in [9.17, 15) is 5.26 Å². The van der Waals surface area contributed by atoms with E-state index in [1.165, 1.54) is 0 Å². The summed E-state index contributed by atoms with van der Waals surface area (Å²) < 4.78 is 8.69. The molecule has 9 rings (SSSR count). The normalized spacial score (nSPS) is 12.4. The predicted octanol–water partition coefficient (Wildman–Crippen LogP) is 10.4. The van der Waals surface area contributed by atoms with Gasteiger partial charge in [0.1, 0.15) is 23.2 Å². The standard InChI is InChI=1S/C46H33N5O/c47-28-31-18-25-41-40(26-31)37-24-21-34(36-15-9-16-39-38-14-7-8-17-43(38)52-44(36)39)27-42(37)51(41)35-22-19-33(20-23-35)46(49-29-30-10-3-1-4-11-30)50-45(48)32-12-5-2-6-13-32/h1-27,45H,29,48H2,(H,49,50). The first-order valence-electron chi connectivity index (χ1n) is 17.3. The Morgan fingerprint density at radius 2 is 1.44 bits per heavy atom. The molecule has 3 N–H and O–H groups in total. The highest BCUT2D eigenvalue weighted by Crippen LogP contribution is 2.39. The number of aliphatic imine (C=N–C) groups is 1. The first kappa shape index (κ1) is 31.1. The van der Waals surface area contributed by atoms with Crippen molar-refractivity contribution in [3.8, 4) is 22.9 Å². The van der Waals surface area contributed by atoms with Crippen LogP contribution in [0.3, 0.4) is 0 Å². The third-order valence-corrected chi connectivity index (χ3v) is 9.72. The number of nitriles is 1. The molecule has 0 spiro atoms. The van der Waals surface area contributed by atoms with Crippen molar-refractivity contribution < 1.29 is 4.42 Å². The van der Waals surface area contributed by atoms with Crippen molar-refractivity contribution in [1.82, 2.24) is 9.88 Å². The maximum atomic E-state index is 9.79. The average Bonchev–Trinajstić information content (AvgIpc) is 3.75. The highest BCUT2D eigenvalue weighted by Gasteiger charge is 2.18. The largest absolute Gasteiger partial charge is 0.455 e. The Morgan fingerprint density at radius 1 is 0.692 bits per heavy atom. The van der Waals surface area contributed by atoms with Crippen LogP contribution in [0, 0.1) is 11.3 Å². The van der Waals surface area contributed by atoms with Crippen LogP contribution >= 0.6 is 0 Å². The molecular formula is C46H33N5O. The molecule has 1 unspecified atom stereocenters. The predicted molar refractivity (Wildman–Crippen MR) is 211 cm³/mol. The van der Waals surface area contributed by atoms with E-state index < -0.39 is 6.17 Å². The maximum Gasteiger partial charge on any atom is 0.143 e. The number of rotatable bonds is 7. The summed E-state index contributed by atoms with van der Waals surface area (Å²) in [5.74, 6) is 0.717. The smallest absolute Gasteiger partial charge is 0.143 e. The fourth-order valence-electron chi connectivity index (χ4n) is 7.15. The van der Waals surface area contributed by atoms with E-state index in [4.69, 9.17) is 15.1 Å². The highest BCUT2D eigenvalue weighted by atomic mass is 16.3. The van der Waals surface area contributed by atoms with Crippen LogP contribution in [0.2, 0.25) is 0 Å².